The van der Waals surface area contributed by atoms with E-state index in [2.05, 4.69) is 51.2 Å². The van der Waals surface area contributed by atoms with E-state index in [-0.39, 0.29) is 5.91 Å². The maximum atomic E-state index is 13.3. The highest BCUT2D eigenvalue weighted by atomic mass is 35.5. The molecule has 5 rings (SSSR count). The molecule has 0 unspecified atom stereocenters. The molecule has 32 heavy (non-hydrogen) atoms. The van der Waals surface area contributed by atoms with Crippen LogP contribution in [-0.2, 0) is 6.54 Å². The minimum Gasteiger partial charge on any atom is -0.344 e. The molecule has 1 fully saturated rings. The van der Waals surface area contributed by atoms with Gasteiger partial charge in [-0.2, -0.15) is 5.10 Å². The SMILES string of the molecule is Cc1ccc(Cn2nc(C)c(C(=O)N3CCN(c4nc5cccnc5s4)CC3)c2Cl)cc1. The number of carbonyl (C=O) groups is 1. The summed E-state index contributed by atoms with van der Waals surface area (Å²) in [6.45, 7) is 7.10. The molecule has 4 heterocycles. The molecular formula is C23H23ClN6OS. The molecule has 0 radical (unpaired) electrons. The van der Waals surface area contributed by atoms with Crippen LogP contribution in [0.3, 0.4) is 0 Å². The number of benzene rings is 1. The van der Waals surface area contributed by atoms with Gasteiger partial charge < -0.3 is 9.80 Å². The lowest BCUT2D eigenvalue weighted by molar-refractivity contribution is 0.0746. The zero-order valence-electron chi connectivity index (χ0n) is 18.0. The van der Waals surface area contributed by atoms with Gasteiger partial charge in [-0.3, -0.25) is 4.79 Å². The molecule has 7 nitrogen and oxygen atoms in total. The minimum absolute atomic E-state index is 0.0618. The number of nitrogens with zero attached hydrogens (tertiary/aromatic N) is 6. The Morgan fingerprint density at radius 3 is 2.56 bits per heavy atom. The van der Waals surface area contributed by atoms with Gasteiger partial charge in [0.1, 0.15) is 15.5 Å². The summed E-state index contributed by atoms with van der Waals surface area (Å²) < 4.78 is 1.71. The van der Waals surface area contributed by atoms with Crippen molar-refractivity contribution in [1.29, 1.82) is 0 Å². The van der Waals surface area contributed by atoms with Crippen LogP contribution in [0.25, 0.3) is 10.3 Å². The van der Waals surface area contributed by atoms with E-state index >= 15 is 0 Å². The van der Waals surface area contributed by atoms with E-state index in [0.717, 1.165) is 34.1 Å². The molecule has 0 spiro atoms. The number of aryl methyl sites for hydroxylation is 2. The lowest BCUT2D eigenvalue weighted by Gasteiger charge is -2.34. The van der Waals surface area contributed by atoms with Crippen LogP contribution in [-0.4, -0.2) is 56.7 Å². The number of pyridine rings is 1. The van der Waals surface area contributed by atoms with Gasteiger partial charge in [-0.25, -0.2) is 14.6 Å². The van der Waals surface area contributed by atoms with Crippen LogP contribution < -0.4 is 4.90 Å². The summed E-state index contributed by atoms with van der Waals surface area (Å²) in [6, 6.07) is 12.1. The number of rotatable bonds is 4. The van der Waals surface area contributed by atoms with E-state index < -0.39 is 0 Å². The highest BCUT2D eigenvalue weighted by molar-refractivity contribution is 7.21. The Labute approximate surface area is 195 Å². The smallest absolute Gasteiger partial charge is 0.259 e. The third-order valence-corrected chi connectivity index (χ3v) is 7.15. The Kier molecular flexibility index (Phi) is 5.57. The van der Waals surface area contributed by atoms with Crippen LogP contribution in [0.2, 0.25) is 5.15 Å². The zero-order chi connectivity index (χ0) is 22.2. The first-order valence-corrected chi connectivity index (χ1v) is 11.7. The largest absolute Gasteiger partial charge is 0.344 e. The first kappa shape index (κ1) is 20.9. The van der Waals surface area contributed by atoms with Crippen LogP contribution in [0.4, 0.5) is 5.13 Å². The van der Waals surface area contributed by atoms with Crippen molar-refractivity contribution in [2.24, 2.45) is 0 Å². The molecule has 9 heteroatoms. The number of thiazole rings is 1. The fourth-order valence-electron chi connectivity index (χ4n) is 3.92. The Hall–Kier alpha value is -2.97. The fraction of sp³-hybridized carbons (Fsp3) is 0.304. The molecule has 1 aliphatic heterocycles. The molecule has 1 aliphatic rings. The molecule has 0 N–H and O–H groups in total. The van der Waals surface area contributed by atoms with Crippen LogP contribution in [0.15, 0.2) is 42.6 Å². The summed E-state index contributed by atoms with van der Waals surface area (Å²) in [4.78, 5) is 27.3. The van der Waals surface area contributed by atoms with Crippen LogP contribution >= 0.6 is 22.9 Å². The zero-order valence-corrected chi connectivity index (χ0v) is 19.5. The fourth-order valence-corrected chi connectivity index (χ4v) is 5.20. The molecule has 4 aromatic rings. The van der Waals surface area contributed by atoms with Crippen LogP contribution in [0.5, 0.6) is 0 Å². The van der Waals surface area contributed by atoms with Crippen LogP contribution in [0, 0.1) is 13.8 Å². The van der Waals surface area contributed by atoms with Gasteiger partial charge in [-0.1, -0.05) is 52.8 Å². The van der Waals surface area contributed by atoms with Gasteiger partial charge in [0.15, 0.2) is 5.13 Å². The highest BCUT2D eigenvalue weighted by Crippen LogP contribution is 2.28. The van der Waals surface area contributed by atoms with Gasteiger partial charge in [-0.05, 0) is 31.5 Å². The highest BCUT2D eigenvalue weighted by Gasteiger charge is 2.28. The second-order valence-corrected chi connectivity index (χ2v) is 9.31. The lowest BCUT2D eigenvalue weighted by atomic mass is 10.1. The summed E-state index contributed by atoms with van der Waals surface area (Å²) in [5.41, 5.74) is 4.36. The van der Waals surface area contributed by atoms with Crippen molar-refractivity contribution in [2.75, 3.05) is 31.1 Å². The molecule has 0 aliphatic carbocycles. The van der Waals surface area contributed by atoms with Crippen molar-refractivity contribution >= 4 is 44.3 Å². The summed E-state index contributed by atoms with van der Waals surface area (Å²) in [6.07, 6.45) is 1.78. The molecule has 1 amide bonds. The topological polar surface area (TPSA) is 67.2 Å². The standard InChI is InChI=1S/C23H23ClN6OS/c1-15-5-7-17(8-6-15)14-30-20(24)19(16(2)27-30)22(31)28-10-12-29(13-11-28)23-26-18-4-3-9-25-21(18)32-23/h3-9H,10-14H2,1-2H3. The van der Waals surface area contributed by atoms with E-state index in [0.29, 0.717) is 36.0 Å². The van der Waals surface area contributed by atoms with Crippen molar-refractivity contribution in [3.8, 4) is 0 Å². The number of hydrogen-bond acceptors (Lipinski definition) is 6. The van der Waals surface area contributed by atoms with Gasteiger partial charge in [0.2, 0.25) is 0 Å². The molecule has 3 aromatic heterocycles. The minimum atomic E-state index is -0.0618. The van der Waals surface area contributed by atoms with Crippen LogP contribution in [0.1, 0.15) is 27.2 Å². The lowest BCUT2D eigenvalue weighted by Crippen LogP contribution is -2.48. The number of amides is 1. The van der Waals surface area contributed by atoms with Gasteiger partial charge >= 0.3 is 0 Å². The maximum Gasteiger partial charge on any atom is 0.259 e. The van der Waals surface area contributed by atoms with Gasteiger partial charge in [0, 0.05) is 32.4 Å². The van der Waals surface area contributed by atoms with E-state index in [1.165, 1.54) is 5.56 Å². The quantitative estimate of drug-likeness (QED) is 0.451. The average molecular weight is 467 g/mol. The maximum absolute atomic E-state index is 13.3. The van der Waals surface area contributed by atoms with Gasteiger partial charge in [0.05, 0.1) is 17.8 Å². The van der Waals surface area contributed by atoms with Crippen molar-refractivity contribution in [2.45, 2.75) is 20.4 Å². The van der Waals surface area contributed by atoms with E-state index in [9.17, 15) is 4.79 Å². The van der Waals surface area contributed by atoms with Gasteiger partial charge in [0.25, 0.3) is 5.91 Å². The second kappa shape index (κ2) is 8.52. The first-order valence-electron chi connectivity index (χ1n) is 10.5. The summed E-state index contributed by atoms with van der Waals surface area (Å²) in [7, 11) is 0. The predicted molar refractivity (Wildman–Crippen MR) is 128 cm³/mol. The molecule has 1 aromatic carbocycles. The molecule has 0 atom stereocenters. The Morgan fingerprint density at radius 1 is 1.09 bits per heavy atom. The van der Waals surface area contributed by atoms with Crippen molar-refractivity contribution in [3.63, 3.8) is 0 Å². The predicted octanol–water partition coefficient (Wildman–Crippen LogP) is 4.17. The van der Waals surface area contributed by atoms with E-state index in [1.54, 1.807) is 22.2 Å². The Balaban J connectivity index is 1.28. The summed E-state index contributed by atoms with van der Waals surface area (Å²) >= 11 is 8.21. The third kappa shape index (κ3) is 3.96. The van der Waals surface area contributed by atoms with Crippen molar-refractivity contribution in [1.82, 2.24) is 24.6 Å². The number of fused-ring (bicyclic) bond motifs is 1. The molecular weight excluding hydrogens is 444 g/mol. The number of hydrogen-bond donors (Lipinski definition) is 0. The first-order chi connectivity index (χ1) is 15.5. The number of anilines is 1. The van der Waals surface area contributed by atoms with Gasteiger partial charge in [-0.15, -0.1) is 0 Å². The summed E-state index contributed by atoms with van der Waals surface area (Å²) in [5.74, 6) is -0.0618. The molecule has 0 saturated carbocycles. The molecule has 164 valence electrons. The van der Waals surface area contributed by atoms with Crippen molar-refractivity contribution in [3.05, 3.63) is 70.1 Å². The number of piperazine rings is 1. The normalized spacial score (nSPS) is 14.3. The number of halogens is 1. The van der Waals surface area contributed by atoms with E-state index in [1.807, 2.05) is 24.0 Å². The van der Waals surface area contributed by atoms with E-state index in [4.69, 9.17) is 11.6 Å². The molecule has 0 bridgehead atoms. The Bertz CT molecular complexity index is 1240. The summed E-state index contributed by atoms with van der Waals surface area (Å²) in [5, 5.41) is 5.89. The Morgan fingerprint density at radius 2 is 1.84 bits per heavy atom. The third-order valence-electron chi connectivity index (χ3n) is 5.72. The number of carbonyl (C=O) groups excluding carboxylic acids is 1. The monoisotopic (exact) mass is 466 g/mol. The molecule has 1 saturated heterocycles. The van der Waals surface area contributed by atoms with Crippen molar-refractivity contribution < 1.29 is 4.79 Å². The second-order valence-electron chi connectivity index (χ2n) is 8.00. The average Bonchev–Trinajstić information content (AvgIpc) is 3.35. The number of aromatic nitrogens is 4.